The van der Waals surface area contributed by atoms with Gasteiger partial charge in [0.2, 0.25) is 0 Å². The topological polar surface area (TPSA) is 0 Å². The second-order valence-electron chi connectivity index (χ2n) is 2.22. The van der Waals surface area contributed by atoms with Gasteiger partial charge >= 0.3 is 0 Å². The lowest BCUT2D eigenvalue weighted by Gasteiger charge is -2.05. The normalized spacial score (nSPS) is 17.0. The van der Waals surface area contributed by atoms with E-state index in [1.54, 1.807) is 6.92 Å². The summed E-state index contributed by atoms with van der Waals surface area (Å²) in [5, 5.41) is 0. The molecule has 0 N–H and O–H groups in total. The van der Waals surface area contributed by atoms with Gasteiger partial charge in [0.05, 0.1) is 0 Å². The first-order valence-electron chi connectivity index (χ1n) is 3.91. The minimum Gasteiger partial charge on any atom is -0.212 e. The Balaban J connectivity index is 0.000000461. The van der Waals surface area contributed by atoms with Gasteiger partial charge in [-0.25, -0.2) is 8.78 Å². The summed E-state index contributed by atoms with van der Waals surface area (Å²) in [6.45, 7) is 5.68. The first kappa shape index (κ1) is 10.3. The molecule has 0 aromatic rings. The molecule has 0 aromatic carbocycles. The first-order valence-corrected chi connectivity index (χ1v) is 3.91. The highest BCUT2D eigenvalue weighted by molar-refractivity contribution is 5.24. The highest BCUT2D eigenvalue weighted by Gasteiger charge is 2.08. The lowest BCUT2D eigenvalue weighted by atomic mass is 10.1. The Labute approximate surface area is 66.6 Å². The van der Waals surface area contributed by atoms with Crippen LogP contribution in [-0.4, -0.2) is 0 Å². The summed E-state index contributed by atoms with van der Waals surface area (Å²) in [6.07, 6.45) is 1.84. The molecule has 0 atom stereocenters. The molecule has 11 heavy (non-hydrogen) atoms. The average molecular weight is 160 g/mol. The van der Waals surface area contributed by atoms with Crippen LogP contribution in [0.25, 0.3) is 0 Å². The summed E-state index contributed by atoms with van der Waals surface area (Å²) in [4.78, 5) is 0. The van der Waals surface area contributed by atoms with Crippen LogP contribution in [0, 0.1) is 0 Å². The molecule has 0 radical (unpaired) electrons. The summed E-state index contributed by atoms with van der Waals surface area (Å²) in [5.74, 6) is -0.753. The highest BCUT2D eigenvalue weighted by Crippen LogP contribution is 2.24. The van der Waals surface area contributed by atoms with Gasteiger partial charge in [-0.05, 0) is 18.9 Å². The van der Waals surface area contributed by atoms with Crippen LogP contribution in [0.2, 0.25) is 0 Å². The molecule has 1 aliphatic rings. The summed E-state index contributed by atoms with van der Waals surface area (Å²) < 4.78 is 24.6. The van der Waals surface area contributed by atoms with Crippen molar-refractivity contribution in [1.82, 2.24) is 0 Å². The Bertz CT molecular complexity index is 178. The first-order chi connectivity index (χ1) is 5.20. The number of hydrogen-bond acceptors (Lipinski definition) is 0. The Hall–Kier alpha value is -0.660. The molecule has 0 aliphatic heterocycles. The molecule has 0 spiro atoms. The maximum Gasteiger partial charge on any atom is 0.124 e. The van der Waals surface area contributed by atoms with Crippen LogP contribution >= 0.6 is 0 Å². The zero-order valence-corrected chi connectivity index (χ0v) is 7.25. The Kier molecular flexibility index (Phi) is 4.75. The highest BCUT2D eigenvalue weighted by atomic mass is 19.1. The molecule has 0 bridgehead atoms. The lowest BCUT2D eigenvalue weighted by Crippen LogP contribution is -1.89. The number of halogens is 2. The third-order valence-electron chi connectivity index (χ3n) is 1.43. The molecule has 0 fully saturated rings. The molecule has 64 valence electrons. The van der Waals surface area contributed by atoms with Crippen molar-refractivity contribution in [1.29, 1.82) is 0 Å². The molecule has 0 heterocycles. The van der Waals surface area contributed by atoms with Crippen molar-refractivity contribution in [2.24, 2.45) is 0 Å². The summed E-state index contributed by atoms with van der Waals surface area (Å²) in [6, 6.07) is 0. The van der Waals surface area contributed by atoms with Crippen LogP contribution in [0.3, 0.4) is 0 Å². The van der Waals surface area contributed by atoms with Crippen LogP contribution < -0.4 is 0 Å². The molecular weight excluding hydrogens is 146 g/mol. The number of hydrogen-bond donors (Lipinski definition) is 0. The predicted molar refractivity (Wildman–Crippen MR) is 43.6 cm³/mol. The standard InChI is InChI=1S/C7H8F2.C2H6/c1-5-2-3-6(8)4-7(5)9;1-2/h4H,2-3H2,1H3;1-2H3. The Morgan fingerprint density at radius 2 is 1.73 bits per heavy atom. The molecule has 0 nitrogen and oxygen atoms in total. The fourth-order valence-corrected chi connectivity index (χ4v) is 0.759. The molecule has 0 saturated carbocycles. The molecule has 1 rings (SSSR count). The van der Waals surface area contributed by atoms with Gasteiger partial charge in [0.15, 0.2) is 0 Å². The maximum absolute atomic E-state index is 12.4. The van der Waals surface area contributed by atoms with Crippen molar-refractivity contribution in [3.8, 4) is 0 Å². The van der Waals surface area contributed by atoms with Gasteiger partial charge in [0, 0.05) is 12.5 Å². The van der Waals surface area contributed by atoms with Gasteiger partial charge in [-0.2, -0.15) is 0 Å². The van der Waals surface area contributed by atoms with E-state index in [2.05, 4.69) is 0 Å². The molecule has 0 amide bonds. The molecule has 0 unspecified atom stereocenters. The van der Waals surface area contributed by atoms with Gasteiger partial charge in [0.1, 0.15) is 11.7 Å². The third kappa shape index (κ3) is 3.30. The van der Waals surface area contributed by atoms with E-state index >= 15 is 0 Å². The summed E-state index contributed by atoms with van der Waals surface area (Å²) in [7, 11) is 0. The Morgan fingerprint density at radius 3 is 2.09 bits per heavy atom. The minimum atomic E-state index is -0.404. The lowest BCUT2D eigenvalue weighted by molar-refractivity contribution is 0.547. The number of allylic oxidation sites excluding steroid dienone is 4. The Morgan fingerprint density at radius 1 is 1.18 bits per heavy atom. The quantitative estimate of drug-likeness (QED) is 0.504. The van der Waals surface area contributed by atoms with Gasteiger partial charge in [-0.1, -0.05) is 13.8 Å². The van der Waals surface area contributed by atoms with E-state index in [4.69, 9.17) is 0 Å². The van der Waals surface area contributed by atoms with Crippen LogP contribution in [0.15, 0.2) is 23.3 Å². The smallest absolute Gasteiger partial charge is 0.124 e. The van der Waals surface area contributed by atoms with Crippen LogP contribution in [-0.2, 0) is 0 Å². The fraction of sp³-hybridized carbons (Fsp3) is 0.556. The van der Waals surface area contributed by atoms with E-state index in [9.17, 15) is 8.78 Å². The second-order valence-corrected chi connectivity index (χ2v) is 2.22. The molecule has 2 heteroatoms. The van der Waals surface area contributed by atoms with E-state index in [1.165, 1.54) is 0 Å². The van der Waals surface area contributed by atoms with Crippen molar-refractivity contribution >= 4 is 0 Å². The SMILES string of the molecule is CC.CC1=C(F)C=C(F)CC1. The maximum atomic E-state index is 12.4. The number of rotatable bonds is 0. The minimum absolute atomic E-state index is 0.349. The van der Waals surface area contributed by atoms with E-state index in [1.807, 2.05) is 13.8 Å². The zero-order valence-electron chi connectivity index (χ0n) is 7.25. The van der Waals surface area contributed by atoms with Crippen molar-refractivity contribution < 1.29 is 8.78 Å². The monoisotopic (exact) mass is 160 g/mol. The van der Waals surface area contributed by atoms with E-state index in [0.717, 1.165) is 6.08 Å². The average Bonchev–Trinajstić information content (AvgIpc) is 2.02. The van der Waals surface area contributed by atoms with Gasteiger partial charge < -0.3 is 0 Å². The summed E-state index contributed by atoms with van der Waals surface area (Å²) in [5.41, 5.74) is 0.649. The van der Waals surface area contributed by atoms with Crippen molar-refractivity contribution in [3.05, 3.63) is 23.3 Å². The van der Waals surface area contributed by atoms with Gasteiger partial charge in [-0.15, -0.1) is 0 Å². The largest absolute Gasteiger partial charge is 0.212 e. The third-order valence-corrected chi connectivity index (χ3v) is 1.43. The van der Waals surface area contributed by atoms with Crippen molar-refractivity contribution in [3.63, 3.8) is 0 Å². The van der Waals surface area contributed by atoms with Crippen LogP contribution in [0.4, 0.5) is 8.78 Å². The molecule has 1 aliphatic carbocycles. The van der Waals surface area contributed by atoms with Crippen molar-refractivity contribution in [2.45, 2.75) is 33.6 Å². The van der Waals surface area contributed by atoms with E-state index in [0.29, 0.717) is 18.4 Å². The predicted octanol–water partition coefficient (Wildman–Crippen LogP) is 3.90. The van der Waals surface area contributed by atoms with Crippen LogP contribution in [0.5, 0.6) is 0 Å². The fourth-order valence-electron chi connectivity index (χ4n) is 0.759. The van der Waals surface area contributed by atoms with Crippen molar-refractivity contribution in [2.75, 3.05) is 0 Å². The molecular formula is C9H14F2. The van der Waals surface area contributed by atoms with Crippen LogP contribution in [0.1, 0.15) is 33.6 Å². The van der Waals surface area contributed by atoms with E-state index < -0.39 is 5.83 Å². The molecule has 0 aromatic heterocycles. The van der Waals surface area contributed by atoms with E-state index in [-0.39, 0.29) is 5.83 Å². The summed E-state index contributed by atoms with van der Waals surface area (Å²) >= 11 is 0. The second kappa shape index (κ2) is 5.05. The molecule has 0 saturated heterocycles. The zero-order chi connectivity index (χ0) is 8.85. The van der Waals surface area contributed by atoms with Gasteiger partial charge in [-0.3, -0.25) is 0 Å². The van der Waals surface area contributed by atoms with Gasteiger partial charge in [0.25, 0.3) is 0 Å².